The first-order chi connectivity index (χ1) is 7.36. The highest BCUT2D eigenvalue weighted by molar-refractivity contribution is 5.86. The highest BCUT2D eigenvalue weighted by Crippen LogP contribution is 2.04. The third-order valence-electron chi connectivity index (χ3n) is 2.07. The molecule has 16 heavy (non-hydrogen) atoms. The summed E-state index contributed by atoms with van der Waals surface area (Å²) < 4.78 is 0. The van der Waals surface area contributed by atoms with Crippen LogP contribution in [0.5, 0.6) is 0 Å². The van der Waals surface area contributed by atoms with Gasteiger partial charge in [-0.1, -0.05) is 13.8 Å². The topological polar surface area (TPSA) is 104 Å². The second kappa shape index (κ2) is 7.05. The van der Waals surface area contributed by atoms with Crippen molar-refractivity contribution in [3.05, 3.63) is 0 Å². The van der Waals surface area contributed by atoms with Gasteiger partial charge < -0.3 is 21.5 Å². The number of hydrogen-bond acceptors (Lipinski definition) is 3. The van der Waals surface area contributed by atoms with Gasteiger partial charge in [0, 0.05) is 0 Å². The van der Waals surface area contributed by atoms with Gasteiger partial charge in [0.05, 0.1) is 12.6 Å². The molecular formula is C10H21N3O3. The predicted molar refractivity (Wildman–Crippen MR) is 60.7 cm³/mol. The van der Waals surface area contributed by atoms with Gasteiger partial charge in [-0.2, -0.15) is 0 Å². The van der Waals surface area contributed by atoms with E-state index in [1.54, 1.807) is 0 Å². The van der Waals surface area contributed by atoms with Crippen LogP contribution in [0.25, 0.3) is 0 Å². The summed E-state index contributed by atoms with van der Waals surface area (Å²) in [5.41, 5.74) is 4.90. The highest BCUT2D eigenvalue weighted by atomic mass is 16.3. The third kappa shape index (κ3) is 6.23. The van der Waals surface area contributed by atoms with Crippen molar-refractivity contribution in [1.82, 2.24) is 10.6 Å². The predicted octanol–water partition coefficient (Wildman–Crippen LogP) is -0.434. The van der Waals surface area contributed by atoms with Crippen molar-refractivity contribution in [3.63, 3.8) is 0 Å². The molecule has 0 aromatic carbocycles. The number of nitrogens with two attached hydrogens (primary N) is 1. The second-order valence-electron chi connectivity index (χ2n) is 4.25. The van der Waals surface area contributed by atoms with Gasteiger partial charge in [0.1, 0.15) is 6.04 Å². The maximum atomic E-state index is 11.5. The van der Waals surface area contributed by atoms with Gasteiger partial charge in [0.25, 0.3) is 0 Å². The zero-order valence-electron chi connectivity index (χ0n) is 9.99. The van der Waals surface area contributed by atoms with E-state index < -0.39 is 12.1 Å². The molecule has 0 saturated carbocycles. The molecule has 2 unspecified atom stereocenters. The molecule has 2 atom stereocenters. The Hall–Kier alpha value is -1.30. The summed E-state index contributed by atoms with van der Waals surface area (Å²) in [7, 11) is 0. The molecular weight excluding hydrogens is 210 g/mol. The molecule has 0 spiro atoms. The van der Waals surface area contributed by atoms with Crippen molar-refractivity contribution in [1.29, 1.82) is 0 Å². The molecule has 0 fully saturated rings. The first-order valence-corrected chi connectivity index (χ1v) is 5.34. The molecule has 0 aromatic heterocycles. The molecule has 0 rings (SSSR count). The molecule has 6 heteroatoms. The van der Waals surface area contributed by atoms with E-state index in [0.717, 1.165) is 0 Å². The Balaban J connectivity index is 4.13. The molecule has 3 amide bonds. The molecule has 0 aliphatic carbocycles. The summed E-state index contributed by atoms with van der Waals surface area (Å²) in [5, 5.41) is 14.0. The second-order valence-corrected chi connectivity index (χ2v) is 4.25. The average Bonchev–Trinajstić information content (AvgIpc) is 2.14. The van der Waals surface area contributed by atoms with Gasteiger partial charge in [0.2, 0.25) is 5.91 Å². The lowest BCUT2D eigenvalue weighted by Gasteiger charge is -2.20. The Morgan fingerprint density at radius 3 is 2.19 bits per heavy atom. The Labute approximate surface area is 95.6 Å². The van der Waals surface area contributed by atoms with Crippen LogP contribution in [-0.2, 0) is 4.79 Å². The minimum Gasteiger partial charge on any atom is -0.394 e. The summed E-state index contributed by atoms with van der Waals surface area (Å²) >= 11 is 0. The van der Waals surface area contributed by atoms with E-state index >= 15 is 0 Å². The molecule has 0 radical (unpaired) electrons. The van der Waals surface area contributed by atoms with Crippen LogP contribution in [0.4, 0.5) is 4.79 Å². The van der Waals surface area contributed by atoms with Crippen molar-refractivity contribution in [3.8, 4) is 0 Å². The summed E-state index contributed by atoms with van der Waals surface area (Å²) in [4.78, 5) is 22.1. The Bertz CT molecular complexity index is 243. The third-order valence-corrected chi connectivity index (χ3v) is 2.07. The largest absolute Gasteiger partial charge is 0.394 e. The van der Waals surface area contributed by atoms with Crippen LogP contribution in [0.2, 0.25) is 0 Å². The van der Waals surface area contributed by atoms with Crippen molar-refractivity contribution >= 4 is 11.9 Å². The number of carbonyl (C=O) groups excluding carboxylic acids is 2. The number of carbonyl (C=O) groups is 2. The van der Waals surface area contributed by atoms with E-state index in [0.29, 0.717) is 12.3 Å². The summed E-state index contributed by atoms with van der Waals surface area (Å²) in [5.74, 6) is 0.0235. The number of rotatable bonds is 6. The smallest absolute Gasteiger partial charge is 0.312 e. The van der Waals surface area contributed by atoms with Gasteiger partial charge in [-0.05, 0) is 19.3 Å². The fraction of sp³-hybridized carbons (Fsp3) is 0.800. The van der Waals surface area contributed by atoms with E-state index in [-0.39, 0.29) is 18.6 Å². The molecule has 0 aliphatic rings. The van der Waals surface area contributed by atoms with Crippen LogP contribution in [-0.4, -0.2) is 35.7 Å². The van der Waals surface area contributed by atoms with Gasteiger partial charge in [-0.3, -0.25) is 4.79 Å². The Morgan fingerprint density at radius 2 is 1.81 bits per heavy atom. The quantitative estimate of drug-likeness (QED) is 0.498. The van der Waals surface area contributed by atoms with Crippen molar-refractivity contribution in [2.24, 2.45) is 11.7 Å². The van der Waals surface area contributed by atoms with E-state index in [4.69, 9.17) is 10.8 Å². The van der Waals surface area contributed by atoms with Crippen LogP contribution in [0.15, 0.2) is 0 Å². The molecule has 94 valence electrons. The molecule has 0 bridgehead atoms. The first kappa shape index (κ1) is 14.7. The lowest BCUT2D eigenvalue weighted by Crippen LogP contribution is -2.50. The number of aliphatic hydroxyl groups excluding tert-OH is 1. The molecule has 6 nitrogen and oxygen atoms in total. The van der Waals surface area contributed by atoms with E-state index in [1.165, 1.54) is 6.92 Å². The number of amides is 3. The average molecular weight is 231 g/mol. The zero-order valence-corrected chi connectivity index (χ0v) is 9.99. The zero-order chi connectivity index (χ0) is 12.7. The van der Waals surface area contributed by atoms with Crippen molar-refractivity contribution in [2.45, 2.75) is 39.3 Å². The standard InChI is InChI=1S/C10H21N3O3/c1-6(2)4-8(5-14)13-9(15)7(3)12-10(11)16/h6-8,14H,4-5H2,1-3H3,(H,13,15)(H3,11,12,16). The molecule has 5 N–H and O–H groups in total. The van der Waals surface area contributed by atoms with Gasteiger partial charge in [-0.25, -0.2) is 4.79 Å². The molecule has 0 saturated heterocycles. The Morgan fingerprint density at radius 1 is 1.25 bits per heavy atom. The van der Waals surface area contributed by atoms with Crippen LogP contribution in [0, 0.1) is 5.92 Å². The first-order valence-electron chi connectivity index (χ1n) is 5.34. The summed E-state index contributed by atoms with van der Waals surface area (Å²) in [6.45, 7) is 5.41. The molecule has 0 heterocycles. The number of urea groups is 1. The van der Waals surface area contributed by atoms with Crippen LogP contribution < -0.4 is 16.4 Å². The van der Waals surface area contributed by atoms with Crippen molar-refractivity contribution in [2.75, 3.05) is 6.61 Å². The highest BCUT2D eigenvalue weighted by Gasteiger charge is 2.18. The van der Waals surface area contributed by atoms with Gasteiger partial charge >= 0.3 is 6.03 Å². The van der Waals surface area contributed by atoms with Gasteiger partial charge in [0.15, 0.2) is 0 Å². The molecule has 0 aromatic rings. The maximum Gasteiger partial charge on any atom is 0.312 e. The Kier molecular flexibility index (Phi) is 6.48. The van der Waals surface area contributed by atoms with Crippen LogP contribution in [0.1, 0.15) is 27.2 Å². The summed E-state index contributed by atoms with van der Waals surface area (Å²) in [6, 6.07) is -1.73. The lowest BCUT2D eigenvalue weighted by atomic mass is 10.0. The minimum atomic E-state index is -0.743. The number of primary amides is 1. The maximum absolute atomic E-state index is 11.5. The van der Waals surface area contributed by atoms with Crippen molar-refractivity contribution < 1.29 is 14.7 Å². The SMILES string of the molecule is CC(C)CC(CO)NC(=O)C(C)NC(N)=O. The van der Waals surface area contributed by atoms with E-state index in [2.05, 4.69) is 10.6 Å². The summed E-state index contributed by atoms with van der Waals surface area (Å²) in [6.07, 6.45) is 0.686. The van der Waals surface area contributed by atoms with Gasteiger partial charge in [-0.15, -0.1) is 0 Å². The minimum absolute atomic E-state index is 0.118. The normalized spacial score (nSPS) is 14.3. The lowest BCUT2D eigenvalue weighted by molar-refractivity contribution is -0.123. The monoisotopic (exact) mass is 231 g/mol. The number of aliphatic hydroxyl groups is 1. The fourth-order valence-electron chi connectivity index (χ4n) is 1.35. The van der Waals surface area contributed by atoms with Crippen LogP contribution in [0.3, 0.4) is 0 Å². The van der Waals surface area contributed by atoms with Crippen LogP contribution >= 0.6 is 0 Å². The number of hydrogen-bond donors (Lipinski definition) is 4. The molecule has 0 aliphatic heterocycles. The fourth-order valence-corrected chi connectivity index (χ4v) is 1.35. The number of nitrogens with one attached hydrogen (secondary N) is 2. The van der Waals surface area contributed by atoms with E-state index in [1.807, 2.05) is 13.8 Å². The van der Waals surface area contributed by atoms with E-state index in [9.17, 15) is 9.59 Å².